The summed E-state index contributed by atoms with van der Waals surface area (Å²) in [6.45, 7) is 0.687. The van der Waals surface area contributed by atoms with Crippen LogP contribution in [0.3, 0.4) is 0 Å². The molecule has 0 saturated heterocycles. The van der Waals surface area contributed by atoms with Crippen LogP contribution in [0.5, 0.6) is 11.5 Å². The third-order valence-electron chi connectivity index (χ3n) is 3.79. The van der Waals surface area contributed by atoms with Crippen molar-refractivity contribution >= 4 is 29.1 Å². The number of fused-ring (bicyclic) bond motifs is 1. The Kier molecular flexibility index (Phi) is 5.78. The Morgan fingerprint density at radius 3 is 2.59 bits per heavy atom. The number of benzene rings is 2. The Labute approximate surface area is 159 Å². The molecule has 9 heteroatoms. The minimum Gasteiger partial charge on any atom is -0.486 e. The number of ether oxygens (including phenoxy) is 2. The second-order valence-electron chi connectivity index (χ2n) is 5.71. The van der Waals surface area contributed by atoms with Crippen LogP contribution in [0, 0.1) is 5.82 Å². The molecular weight excluding hydrogens is 379 g/mol. The molecule has 1 aliphatic rings. The molecule has 3 N–H and O–H groups in total. The van der Waals surface area contributed by atoms with Crippen LogP contribution in [0.1, 0.15) is 11.7 Å². The summed E-state index contributed by atoms with van der Waals surface area (Å²) >= 11 is 5.62. The van der Waals surface area contributed by atoms with E-state index in [1.807, 2.05) is 0 Å². The summed E-state index contributed by atoms with van der Waals surface area (Å²) in [6.07, 6.45) is -1.04. The van der Waals surface area contributed by atoms with E-state index in [9.17, 15) is 19.1 Å². The highest BCUT2D eigenvalue weighted by Gasteiger charge is 2.19. The summed E-state index contributed by atoms with van der Waals surface area (Å²) < 4.78 is 23.9. The van der Waals surface area contributed by atoms with Gasteiger partial charge in [-0.3, -0.25) is 9.59 Å². The Hall–Kier alpha value is -2.84. The Balaban J connectivity index is 1.54. The molecule has 2 aromatic rings. The van der Waals surface area contributed by atoms with Gasteiger partial charge >= 0.3 is 11.8 Å². The third kappa shape index (κ3) is 4.66. The highest BCUT2D eigenvalue weighted by atomic mass is 35.5. The van der Waals surface area contributed by atoms with Gasteiger partial charge in [-0.15, -0.1) is 0 Å². The molecule has 0 aliphatic carbocycles. The highest BCUT2D eigenvalue weighted by molar-refractivity contribution is 6.39. The van der Waals surface area contributed by atoms with E-state index in [1.165, 1.54) is 12.1 Å². The van der Waals surface area contributed by atoms with Gasteiger partial charge in [-0.1, -0.05) is 17.7 Å². The molecule has 0 aromatic heterocycles. The minimum absolute atomic E-state index is 0.175. The van der Waals surface area contributed by atoms with Gasteiger partial charge in [0.2, 0.25) is 0 Å². The first kappa shape index (κ1) is 18.9. The first-order valence-corrected chi connectivity index (χ1v) is 8.43. The molecule has 0 fully saturated rings. The standard InChI is InChI=1S/C18H16ClFN2O5/c19-12-8-11(2-3-13(12)20)22-18(25)17(24)21-9-14(23)10-1-4-15-16(7-10)27-6-5-26-15/h1-4,7-8,14,23H,5-6,9H2,(H,21,24)(H,22,25)/t14-/m0/s1. The molecule has 3 rings (SSSR count). The van der Waals surface area contributed by atoms with E-state index in [4.69, 9.17) is 21.1 Å². The van der Waals surface area contributed by atoms with Gasteiger partial charge in [0.1, 0.15) is 19.0 Å². The summed E-state index contributed by atoms with van der Waals surface area (Å²) in [4.78, 5) is 23.8. The summed E-state index contributed by atoms with van der Waals surface area (Å²) in [6, 6.07) is 8.46. The van der Waals surface area contributed by atoms with Gasteiger partial charge in [-0.2, -0.15) is 0 Å². The molecule has 2 aromatic carbocycles. The average molecular weight is 395 g/mol. The second kappa shape index (κ2) is 8.24. The molecule has 0 unspecified atom stereocenters. The maximum Gasteiger partial charge on any atom is 0.313 e. The molecule has 1 aliphatic heterocycles. The smallest absolute Gasteiger partial charge is 0.313 e. The first-order valence-electron chi connectivity index (χ1n) is 8.06. The van der Waals surface area contributed by atoms with Gasteiger partial charge in [0.05, 0.1) is 11.1 Å². The number of rotatable bonds is 4. The predicted molar refractivity (Wildman–Crippen MR) is 95.4 cm³/mol. The largest absolute Gasteiger partial charge is 0.486 e. The van der Waals surface area contributed by atoms with Crippen LogP contribution in [0.25, 0.3) is 0 Å². The lowest BCUT2D eigenvalue weighted by molar-refractivity contribution is -0.136. The fraction of sp³-hybridized carbons (Fsp3) is 0.222. The molecule has 2 amide bonds. The quantitative estimate of drug-likeness (QED) is 0.689. The van der Waals surface area contributed by atoms with Gasteiger partial charge in [0.25, 0.3) is 0 Å². The van der Waals surface area contributed by atoms with E-state index in [1.54, 1.807) is 18.2 Å². The van der Waals surface area contributed by atoms with Crippen LogP contribution < -0.4 is 20.1 Å². The van der Waals surface area contributed by atoms with E-state index >= 15 is 0 Å². The van der Waals surface area contributed by atoms with Crippen LogP contribution >= 0.6 is 11.6 Å². The summed E-state index contributed by atoms with van der Waals surface area (Å²) in [5, 5.41) is 14.6. The number of aliphatic hydroxyl groups excluding tert-OH is 1. The van der Waals surface area contributed by atoms with Crippen molar-refractivity contribution in [3.63, 3.8) is 0 Å². The lowest BCUT2D eigenvalue weighted by atomic mass is 10.1. The summed E-state index contributed by atoms with van der Waals surface area (Å²) in [7, 11) is 0. The normalized spacial score (nSPS) is 13.6. The maximum absolute atomic E-state index is 13.1. The van der Waals surface area contributed by atoms with Crippen molar-refractivity contribution in [1.29, 1.82) is 0 Å². The van der Waals surface area contributed by atoms with Crippen molar-refractivity contribution in [3.8, 4) is 11.5 Å². The number of carbonyl (C=O) groups is 2. The lowest BCUT2D eigenvalue weighted by Gasteiger charge is -2.20. The van der Waals surface area contributed by atoms with E-state index in [2.05, 4.69) is 10.6 Å². The van der Waals surface area contributed by atoms with Gasteiger partial charge in [-0.05, 0) is 35.9 Å². The number of carbonyl (C=O) groups excluding carboxylic acids is 2. The fourth-order valence-electron chi connectivity index (χ4n) is 2.42. The zero-order chi connectivity index (χ0) is 19.4. The van der Waals surface area contributed by atoms with Crippen LogP contribution in [-0.2, 0) is 9.59 Å². The van der Waals surface area contributed by atoms with E-state index in [0.717, 1.165) is 6.07 Å². The van der Waals surface area contributed by atoms with E-state index < -0.39 is 23.7 Å². The molecule has 0 radical (unpaired) electrons. The number of hydrogen-bond donors (Lipinski definition) is 3. The van der Waals surface area contributed by atoms with Gasteiger partial charge in [-0.25, -0.2) is 4.39 Å². The van der Waals surface area contributed by atoms with E-state index in [0.29, 0.717) is 30.3 Å². The summed E-state index contributed by atoms with van der Waals surface area (Å²) in [5.41, 5.74) is 0.680. The predicted octanol–water partition coefficient (Wildman–Crippen LogP) is 2.04. The fourth-order valence-corrected chi connectivity index (χ4v) is 2.60. The Bertz CT molecular complexity index is 877. The van der Waals surface area contributed by atoms with Crippen LogP contribution in [0.15, 0.2) is 36.4 Å². The lowest BCUT2D eigenvalue weighted by Crippen LogP contribution is -2.37. The molecule has 142 valence electrons. The van der Waals surface area contributed by atoms with Crippen molar-refractivity contribution < 1.29 is 28.6 Å². The number of hydrogen-bond acceptors (Lipinski definition) is 5. The summed E-state index contributed by atoms with van der Waals surface area (Å²) in [5.74, 6) is -1.46. The van der Waals surface area contributed by atoms with Crippen LogP contribution in [0.2, 0.25) is 5.02 Å². The average Bonchev–Trinajstić information content (AvgIpc) is 2.68. The van der Waals surface area contributed by atoms with Crippen molar-refractivity contribution in [2.75, 3.05) is 25.1 Å². The number of nitrogens with one attached hydrogen (secondary N) is 2. The number of halogens is 2. The molecule has 7 nitrogen and oxygen atoms in total. The van der Waals surface area contributed by atoms with Crippen molar-refractivity contribution in [2.24, 2.45) is 0 Å². The Morgan fingerprint density at radius 2 is 1.85 bits per heavy atom. The maximum atomic E-state index is 13.1. The van der Waals surface area contributed by atoms with Gasteiger partial charge in [0.15, 0.2) is 11.5 Å². The second-order valence-corrected chi connectivity index (χ2v) is 6.12. The molecule has 0 bridgehead atoms. The molecule has 27 heavy (non-hydrogen) atoms. The zero-order valence-corrected chi connectivity index (χ0v) is 14.8. The minimum atomic E-state index is -1.04. The van der Waals surface area contributed by atoms with Crippen LogP contribution in [0.4, 0.5) is 10.1 Å². The first-order chi connectivity index (χ1) is 12.9. The van der Waals surface area contributed by atoms with Crippen molar-refractivity contribution in [3.05, 3.63) is 52.8 Å². The molecule has 0 spiro atoms. The highest BCUT2D eigenvalue weighted by Crippen LogP contribution is 2.32. The molecule has 0 saturated carbocycles. The number of amides is 2. The Morgan fingerprint density at radius 1 is 1.11 bits per heavy atom. The van der Waals surface area contributed by atoms with Gasteiger partial charge < -0.3 is 25.2 Å². The molecule has 1 atom stereocenters. The number of aliphatic hydroxyl groups is 1. The third-order valence-corrected chi connectivity index (χ3v) is 4.08. The monoisotopic (exact) mass is 394 g/mol. The van der Waals surface area contributed by atoms with Gasteiger partial charge in [0, 0.05) is 12.2 Å². The van der Waals surface area contributed by atoms with Crippen molar-refractivity contribution in [2.45, 2.75) is 6.10 Å². The molecule has 1 heterocycles. The van der Waals surface area contributed by atoms with Crippen LogP contribution in [-0.4, -0.2) is 36.7 Å². The van der Waals surface area contributed by atoms with E-state index in [-0.39, 0.29) is 17.3 Å². The molecular formula is C18H16ClFN2O5. The SMILES string of the molecule is O=C(NC[C@H](O)c1ccc2c(c1)OCCO2)C(=O)Nc1ccc(F)c(Cl)c1. The van der Waals surface area contributed by atoms with Crippen molar-refractivity contribution in [1.82, 2.24) is 5.32 Å². The zero-order valence-electron chi connectivity index (χ0n) is 14.0. The number of anilines is 1. The topological polar surface area (TPSA) is 96.9 Å².